The molecule has 1 aliphatic rings. The molecule has 0 spiro atoms. The number of benzene rings is 1. The Morgan fingerprint density at radius 2 is 2.15 bits per heavy atom. The Kier molecular flexibility index (Phi) is 4.25. The number of hydrogen-bond donors (Lipinski definition) is 1. The summed E-state index contributed by atoms with van der Waals surface area (Å²) in [5, 5.41) is 0.0270. The quantitative estimate of drug-likeness (QED) is 0.913. The molecule has 1 atom stereocenters. The summed E-state index contributed by atoms with van der Waals surface area (Å²) in [7, 11) is 0. The van der Waals surface area contributed by atoms with Crippen LogP contribution in [0.5, 0.6) is 0 Å². The van der Waals surface area contributed by atoms with Gasteiger partial charge in [0.25, 0.3) is 5.91 Å². The van der Waals surface area contributed by atoms with Gasteiger partial charge < -0.3 is 10.6 Å². The second-order valence-corrected chi connectivity index (χ2v) is 5.24. The average molecular weight is 307 g/mol. The van der Waals surface area contributed by atoms with Crippen LogP contribution in [0.15, 0.2) is 18.2 Å². The zero-order valence-corrected chi connectivity index (χ0v) is 11.3. The van der Waals surface area contributed by atoms with Crippen LogP contribution in [-0.2, 0) is 6.18 Å². The fourth-order valence-corrected chi connectivity index (χ4v) is 2.44. The van der Waals surface area contributed by atoms with E-state index in [1.807, 2.05) is 0 Å². The summed E-state index contributed by atoms with van der Waals surface area (Å²) in [6, 6.07) is 2.78. The third-order valence-electron chi connectivity index (χ3n) is 3.43. The number of nitrogens with two attached hydrogens (primary N) is 1. The topological polar surface area (TPSA) is 46.3 Å². The minimum atomic E-state index is -4.50. The molecule has 1 aromatic rings. The third kappa shape index (κ3) is 3.07. The molecule has 110 valence electrons. The highest BCUT2D eigenvalue weighted by Crippen LogP contribution is 2.32. The Labute approximate surface area is 119 Å². The first-order valence-electron chi connectivity index (χ1n) is 6.19. The van der Waals surface area contributed by atoms with E-state index < -0.39 is 17.6 Å². The van der Waals surface area contributed by atoms with Crippen LogP contribution in [0.1, 0.15) is 22.3 Å². The Balaban J connectivity index is 2.26. The zero-order chi connectivity index (χ0) is 14.9. The standard InChI is InChI=1S/C13H14ClF3N2O/c14-11-2-1-9(13(15,16)17)5-10(11)12(20)19-4-3-8(6-18)7-19/h1-2,5,8H,3-4,6-7,18H2/t8-/m1/s1. The lowest BCUT2D eigenvalue weighted by molar-refractivity contribution is -0.137. The van der Waals surface area contributed by atoms with Crippen molar-refractivity contribution < 1.29 is 18.0 Å². The fraction of sp³-hybridized carbons (Fsp3) is 0.462. The van der Waals surface area contributed by atoms with Crippen LogP contribution < -0.4 is 5.73 Å². The second kappa shape index (κ2) is 5.61. The van der Waals surface area contributed by atoms with E-state index in [4.69, 9.17) is 17.3 Å². The molecule has 0 radical (unpaired) electrons. The summed E-state index contributed by atoms with van der Waals surface area (Å²) in [5.74, 6) is -0.277. The molecule has 7 heteroatoms. The van der Waals surface area contributed by atoms with Gasteiger partial charge in [-0.1, -0.05) is 11.6 Å². The molecule has 1 aromatic carbocycles. The molecule has 1 saturated heterocycles. The molecule has 2 rings (SSSR count). The maximum absolute atomic E-state index is 12.7. The molecule has 0 bridgehead atoms. The Morgan fingerprint density at radius 1 is 1.45 bits per heavy atom. The molecule has 0 unspecified atom stereocenters. The predicted octanol–water partition coefficient (Wildman–Crippen LogP) is 2.78. The average Bonchev–Trinajstić information content (AvgIpc) is 2.86. The van der Waals surface area contributed by atoms with Gasteiger partial charge in [-0.2, -0.15) is 13.2 Å². The molecule has 0 saturated carbocycles. The second-order valence-electron chi connectivity index (χ2n) is 4.83. The third-order valence-corrected chi connectivity index (χ3v) is 3.76. The van der Waals surface area contributed by atoms with Gasteiger partial charge in [-0.05, 0) is 37.1 Å². The molecule has 1 fully saturated rings. The van der Waals surface area contributed by atoms with Crippen molar-refractivity contribution in [1.82, 2.24) is 4.90 Å². The molecular weight excluding hydrogens is 293 g/mol. The predicted molar refractivity (Wildman–Crippen MR) is 69.5 cm³/mol. The van der Waals surface area contributed by atoms with E-state index in [2.05, 4.69) is 0 Å². The lowest BCUT2D eigenvalue weighted by Gasteiger charge is -2.18. The lowest BCUT2D eigenvalue weighted by atomic mass is 10.1. The number of nitrogens with zero attached hydrogens (tertiary/aromatic N) is 1. The summed E-state index contributed by atoms with van der Waals surface area (Å²) in [5.41, 5.74) is 4.55. The molecule has 0 aromatic heterocycles. The van der Waals surface area contributed by atoms with Gasteiger partial charge in [-0.15, -0.1) is 0 Å². The molecule has 3 nitrogen and oxygen atoms in total. The maximum Gasteiger partial charge on any atom is 0.416 e. The molecule has 1 heterocycles. The number of amides is 1. The molecular formula is C13H14ClF3N2O. The van der Waals surface area contributed by atoms with Gasteiger partial charge in [0, 0.05) is 13.1 Å². The Hall–Kier alpha value is -1.27. The highest BCUT2D eigenvalue weighted by molar-refractivity contribution is 6.33. The first kappa shape index (κ1) is 15.1. The fourth-order valence-electron chi connectivity index (χ4n) is 2.25. The normalized spacial score (nSPS) is 19.4. The van der Waals surface area contributed by atoms with Crippen LogP contribution in [0.25, 0.3) is 0 Å². The number of likely N-dealkylation sites (tertiary alicyclic amines) is 1. The summed E-state index contributed by atoms with van der Waals surface area (Å²) in [4.78, 5) is 13.7. The van der Waals surface area contributed by atoms with Crippen LogP contribution in [-0.4, -0.2) is 30.4 Å². The number of carbonyl (C=O) groups is 1. The zero-order valence-electron chi connectivity index (χ0n) is 10.6. The van der Waals surface area contributed by atoms with E-state index in [1.165, 1.54) is 4.90 Å². The monoisotopic (exact) mass is 306 g/mol. The highest BCUT2D eigenvalue weighted by Gasteiger charge is 2.33. The number of hydrogen-bond acceptors (Lipinski definition) is 2. The summed E-state index contributed by atoms with van der Waals surface area (Å²) >= 11 is 5.85. The van der Waals surface area contributed by atoms with Gasteiger partial charge in [0.05, 0.1) is 16.1 Å². The minimum Gasteiger partial charge on any atom is -0.338 e. The molecule has 20 heavy (non-hydrogen) atoms. The van der Waals surface area contributed by atoms with Crippen LogP contribution in [0.4, 0.5) is 13.2 Å². The van der Waals surface area contributed by atoms with Gasteiger partial charge in [-0.3, -0.25) is 4.79 Å². The number of rotatable bonds is 2. The van der Waals surface area contributed by atoms with Crippen molar-refractivity contribution in [3.8, 4) is 0 Å². The van der Waals surface area contributed by atoms with Gasteiger partial charge in [0.1, 0.15) is 0 Å². The van der Waals surface area contributed by atoms with Crippen LogP contribution in [0.2, 0.25) is 5.02 Å². The van der Waals surface area contributed by atoms with Crippen LogP contribution in [0, 0.1) is 5.92 Å². The summed E-state index contributed by atoms with van der Waals surface area (Å²) in [6.07, 6.45) is -3.73. The first-order chi connectivity index (χ1) is 9.32. The van der Waals surface area contributed by atoms with Crippen molar-refractivity contribution in [1.29, 1.82) is 0 Å². The summed E-state index contributed by atoms with van der Waals surface area (Å²) in [6.45, 7) is 1.41. The van der Waals surface area contributed by atoms with Gasteiger partial charge >= 0.3 is 6.18 Å². The van der Waals surface area contributed by atoms with Crippen molar-refractivity contribution in [3.05, 3.63) is 34.3 Å². The van der Waals surface area contributed by atoms with Crippen molar-refractivity contribution in [3.63, 3.8) is 0 Å². The molecule has 2 N–H and O–H groups in total. The van der Waals surface area contributed by atoms with Crippen LogP contribution >= 0.6 is 11.6 Å². The Bertz CT molecular complexity index is 519. The van der Waals surface area contributed by atoms with E-state index >= 15 is 0 Å². The lowest BCUT2D eigenvalue weighted by Crippen LogP contribution is -2.30. The largest absolute Gasteiger partial charge is 0.416 e. The first-order valence-corrected chi connectivity index (χ1v) is 6.57. The van der Waals surface area contributed by atoms with E-state index in [1.54, 1.807) is 0 Å². The van der Waals surface area contributed by atoms with Gasteiger partial charge in [0.2, 0.25) is 0 Å². The van der Waals surface area contributed by atoms with E-state index in [9.17, 15) is 18.0 Å². The van der Waals surface area contributed by atoms with Gasteiger partial charge in [-0.25, -0.2) is 0 Å². The van der Waals surface area contributed by atoms with Crippen molar-refractivity contribution in [2.75, 3.05) is 19.6 Å². The van der Waals surface area contributed by atoms with Crippen molar-refractivity contribution in [2.45, 2.75) is 12.6 Å². The molecule has 0 aliphatic carbocycles. The van der Waals surface area contributed by atoms with E-state index in [0.29, 0.717) is 19.6 Å². The van der Waals surface area contributed by atoms with Crippen molar-refractivity contribution in [2.24, 2.45) is 11.7 Å². The maximum atomic E-state index is 12.7. The molecule has 1 amide bonds. The summed E-state index contributed by atoms with van der Waals surface area (Å²) < 4.78 is 38.0. The number of halogens is 4. The highest BCUT2D eigenvalue weighted by atomic mass is 35.5. The van der Waals surface area contributed by atoms with Gasteiger partial charge in [0.15, 0.2) is 0 Å². The number of alkyl halides is 3. The molecule has 1 aliphatic heterocycles. The van der Waals surface area contributed by atoms with Crippen molar-refractivity contribution >= 4 is 17.5 Å². The van der Waals surface area contributed by atoms with E-state index in [-0.39, 0.29) is 16.5 Å². The van der Waals surface area contributed by atoms with E-state index in [0.717, 1.165) is 24.6 Å². The van der Waals surface area contributed by atoms with Crippen LogP contribution in [0.3, 0.4) is 0 Å². The smallest absolute Gasteiger partial charge is 0.338 e. The SMILES string of the molecule is NC[C@H]1CCN(C(=O)c2cc(C(F)(F)F)ccc2Cl)C1. The number of carbonyl (C=O) groups excluding carboxylic acids is 1. The minimum absolute atomic E-state index is 0.0270. The Morgan fingerprint density at radius 3 is 2.70 bits per heavy atom.